The van der Waals surface area contributed by atoms with Crippen LogP contribution in [-0.2, 0) is 22.6 Å². The predicted molar refractivity (Wildman–Crippen MR) is 118 cm³/mol. The number of ether oxygens (including phenoxy) is 2. The molecule has 2 rings (SSSR count). The Kier molecular flexibility index (Phi) is 12.7. The smallest absolute Gasteiger partial charge is 0.191 e. The zero-order valence-corrected chi connectivity index (χ0v) is 18.5. The molecular formula is C20H34IN3O2. The van der Waals surface area contributed by atoms with Gasteiger partial charge in [0, 0.05) is 27.2 Å². The van der Waals surface area contributed by atoms with E-state index in [1.807, 2.05) is 0 Å². The first-order valence-corrected chi connectivity index (χ1v) is 9.44. The molecule has 26 heavy (non-hydrogen) atoms. The highest BCUT2D eigenvalue weighted by Crippen LogP contribution is 2.19. The third-order valence-electron chi connectivity index (χ3n) is 4.57. The summed E-state index contributed by atoms with van der Waals surface area (Å²) >= 11 is 0. The first-order valence-electron chi connectivity index (χ1n) is 9.44. The van der Waals surface area contributed by atoms with Gasteiger partial charge >= 0.3 is 0 Å². The van der Waals surface area contributed by atoms with E-state index in [1.165, 1.54) is 49.7 Å². The lowest BCUT2D eigenvalue weighted by molar-refractivity contribution is 0.0468. The molecule has 1 aliphatic carbocycles. The van der Waals surface area contributed by atoms with E-state index < -0.39 is 0 Å². The Bertz CT molecular complexity index is 500. The maximum Gasteiger partial charge on any atom is 0.191 e. The molecule has 0 heterocycles. The molecule has 1 aromatic carbocycles. The molecule has 1 aromatic rings. The molecule has 0 saturated heterocycles. The molecule has 5 nitrogen and oxygen atoms in total. The van der Waals surface area contributed by atoms with Crippen molar-refractivity contribution in [2.75, 3.05) is 27.3 Å². The molecule has 0 amide bonds. The number of rotatable bonds is 8. The minimum absolute atomic E-state index is 0. The molecular weight excluding hydrogens is 441 g/mol. The number of benzene rings is 1. The van der Waals surface area contributed by atoms with Gasteiger partial charge in [0.15, 0.2) is 5.96 Å². The van der Waals surface area contributed by atoms with Crippen LogP contribution < -0.4 is 10.6 Å². The van der Waals surface area contributed by atoms with E-state index in [9.17, 15) is 0 Å². The van der Waals surface area contributed by atoms with Crippen LogP contribution in [0.5, 0.6) is 0 Å². The number of hydrogen-bond acceptors (Lipinski definition) is 3. The van der Waals surface area contributed by atoms with Gasteiger partial charge in [-0.15, -0.1) is 24.0 Å². The van der Waals surface area contributed by atoms with Gasteiger partial charge in [-0.1, -0.05) is 49.9 Å². The molecule has 1 saturated carbocycles. The molecule has 0 aromatic heterocycles. The van der Waals surface area contributed by atoms with E-state index in [2.05, 4.69) is 39.9 Å². The predicted octanol–water partition coefficient (Wildman–Crippen LogP) is 3.86. The molecule has 0 unspecified atom stereocenters. The lowest BCUT2D eigenvalue weighted by Gasteiger charge is -2.17. The van der Waals surface area contributed by atoms with Gasteiger partial charge in [-0.3, -0.25) is 4.99 Å². The Balaban J connectivity index is 0.00000338. The summed E-state index contributed by atoms with van der Waals surface area (Å²) < 4.78 is 11.1. The van der Waals surface area contributed by atoms with Crippen LogP contribution in [0.1, 0.15) is 49.7 Å². The summed E-state index contributed by atoms with van der Waals surface area (Å²) in [4.78, 5) is 4.27. The van der Waals surface area contributed by atoms with E-state index >= 15 is 0 Å². The first kappa shape index (κ1) is 23.2. The largest absolute Gasteiger partial charge is 0.380 e. The lowest BCUT2D eigenvalue weighted by atomic mass is 10.1. The maximum atomic E-state index is 6.00. The number of aliphatic imine (C=N–C) groups is 1. The number of hydrogen-bond donors (Lipinski definition) is 2. The summed E-state index contributed by atoms with van der Waals surface area (Å²) in [6.07, 6.45) is 8.22. The van der Waals surface area contributed by atoms with Crippen molar-refractivity contribution in [2.24, 2.45) is 4.99 Å². The molecule has 1 aliphatic rings. The van der Waals surface area contributed by atoms with Crippen LogP contribution in [0.25, 0.3) is 0 Å². The molecule has 0 bridgehead atoms. The monoisotopic (exact) mass is 475 g/mol. The number of halogens is 1. The summed E-state index contributed by atoms with van der Waals surface area (Å²) in [5.41, 5.74) is 2.40. The van der Waals surface area contributed by atoms with Gasteiger partial charge in [-0.05, 0) is 24.0 Å². The number of nitrogens with zero attached hydrogens (tertiary/aromatic N) is 1. The Labute approximate surface area is 175 Å². The molecule has 0 atom stereocenters. The number of methoxy groups -OCH3 is 1. The Morgan fingerprint density at radius 3 is 2.31 bits per heavy atom. The maximum absolute atomic E-state index is 6.00. The summed E-state index contributed by atoms with van der Waals surface area (Å²) in [5.74, 6) is 0.811. The highest BCUT2D eigenvalue weighted by molar-refractivity contribution is 14.0. The van der Waals surface area contributed by atoms with Crippen molar-refractivity contribution < 1.29 is 9.47 Å². The summed E-state index contributed by atoms with van der Waals surface area (Å²) in [5, 5.41) is 6.66. The average Bonchev–Trinajstić information content (AvgIpc) is 2.91. The quantitative estimate of drug-likeness (QED) is 0.197. The number of guanidine groups is 1. The second-order valence-corrected chi connectivity index (χ2v) is 6.59. The second kappa shape index (κ2) is 14.2. The van der Waals surface area contributed by atoms with E-state index in [0.717, 1.165) is 25.7 Å². The summed E-state index contributed by atoms with van der Waals surface area (Å²) in [7, 11) is 3.51. The fourth-order valence-electron chi connectivity index (χ4n) is 3.13. The SMILES string of the molecule is CN=C(NCCOC1CCCCCC1)NCc1ccc(COC)cc1.I. The topological polar surface area (TPSA) is 54.9 Å². The van der Waals surface area contributed by atoms with Crippen molar-refractivity contribution in [3.05, 3.63) is 35.4 Å². The molecule has 0 radical (unpaired) electrons. The van der Waals surface area contributed by atoms with Gasteiger partial charge in [0.1, 0.15) is 0 Å². The van der Waals surface area contributed by atoms with E-state index in [4.69, 9.17) is 9.47 Å². The lowest BCUT2D eigenvalue weighted by Crippen LogP contribution is -2.38. The van der Waals surface area contributed by atoms with Crippen LogP contribution in [0.4, 0.5) is 0 Å². The third kappa shape index (κ3) is 9.19. The Hall–Kier alpha value is -0.860. The van der Waals surface area contributed by atoms with Crippen LogP contribution >= 0.6 is 24.0 Å². The van der Waals surface area contributed by atoms with E-state index in [0.29, 0.717) is 12.7 Å². The summed E-state index contributed by atoms with van der Waals surface area (Å²) in [6, 6.07) is 8.42. The Morgan fingerprint density at radius 2 is 1.69 bits per heavy atom. The van der Waals surface area contributed by atoms with Crippen molar-refractivity contribution in [3.63, 3.8) is 0 Å². The zero-order valence-electron chi connectivity index (χ0n) is 16.1. The first-order chi connectivity index (χ1) is 12.3. The molecule has 1 fully saturated rings. The average molecular weight is 475 g/mol. The van der Waals surface area contributed by atoms with Crippen molar-refractivity contribution in [1.29, 1.82) is 0 Å². The van der Waals surface area contributed by atoms with Gasteiger partial charge in [-0.2, -0.15) is 0 Å². The van der Waals surface area contributed by atoms with Gasteiger partial charge < -0.3 is 20.1 Å². The molecule has 148 valence electrons. The zero-order chi connectivity index (χ0) is 17.7. The molecule has 0 spiro atoms. The van der Waals surface area contributed by atoms with Gasteiger partial charge in [0.05, 0.1) is 19.3 Å². The van der Waals surface area contributed by atoms with Crippen molar-refractivity contribution in [3.8, 4) is 0 Å². The number of nitrogens with one attached hydrogen (secondary N) is 2. The van der Waals surface area contributed by atoms with Crippen LogP contribution in [0.2, 0.25) is 0 Å². The molecule has 0 aliphatic heterocycles. The summed E-state index contributed by atoms with van der Waals surface area (Å²) in [6.45, 7) is 2.91. The van der Waals surface area contributed by atoms with Crippen molar-refractivity contribution in [1.82, 2.24) is 10.6 Å². The van der Waals surface area contributed by atoms with Crippen LogP contribution in [-0.4, -0.2) is 39.4 Å². The highest BCUT2D eigenvalue weighted by Gasteiger charge is 2.12. The van der Waals surface area contributed by atoms with E-state index in [1.54, 1.807) is 14.2 Å². The second-order valence-electron chi connectivity index (χ2n) is 6.59. The molecule has 2 N–H and O–H groups in total. The molecule has 6 heteroatoms. The minimum Gasteiger partial charge on any atom is -0.380 e. The minimum atomic E-state index is 0. The van der Waals surface area contributed by atoms with Crippen molar-refractivity contribution >= 4 is 29.9 Å². The Morgan fingerprint density at radius 1 is 1.04 bits per heavy atom. The van der Waals surface area contributed by atoms with Gasteiger partial charge in [0.25, 0.3) is 0 Å². The standard InChI is InChI=1S/C20H33N3O2.HI/c1-21-20(22-13-14-25-19-7-5-3-4-6-8-19)23-15-17-9-11-18(12-10-17)16-24-2;/h9-12,19H,3-8,13-16H2,1-2H3,(H2,21,22,23);1H. The third-order valence-corrected chi connectivity index (χ3v) is 4.57. The van der Waals surface area contributed by atoms with Crippen LogP contribution in [0.3, 0.4) is 0 Å². The van der Waals surface area contributed by atoms with Crippen LogP contribution in [0.15, 0.2) is 29.3 Å². The van der Waals surface area contributed by atoms with Gasteiger partial charge in [-0.25, -0.2) is 0 Å². The normalized spacial score (nSPS) is 15.8. The van der Waals surface area contributed by atoms with E-state index in [-0.39, 0.29) is 24.0 Å². The fraction of sp³-hybridized carbons (Fsp3) is 0.650. The highest BCUT2D eigenvalue weighted by atomic mass is 127. The van der Waals surface area contributed by atoms with Crippen molar-refractivity contribution in [2.45, 2.75) is 57.8 Å². The fourth-order valence-corrected chi connectivity index (χ4v) is 3.13. The van der Waals surface area contributed by atoms with Crippen LogP contribution in [0, 0.1) is 0 Å². The van der Waals surface area contributed by atoms with Gasteiger partial charge in [0.2, 0.25) is 0 Å².